The summed E-state index contributed by atoms with van der Waals surface area (Å²) in [5, 5.41) is 3.43. The fourth-order valence-corrected chi connectivity index (χ4v) is 2.62. The van der Waals surface area contributed by atoms with Crippen LogP contribution >= 0.6 is 0 Å². The van der Waals surface area contributed by atoms with E-state index in [-0.39, 0.29) is 0 Å². The Morgan fingerprint density at radius 1 is 1.40 bits per heavy atom. The number of aromatic nitrogens is 2. The first-order valence-electron chi connectivity index (χ1n) is 7.35. The van der Waals surface area contributed by atoms with Gasteiger partial charge in [-0.25, -0.2) is 4.98 Å². The lowest BCUT2D eigenvalue weighted by atomic mass is 10.2. The Balaban J connectivity index is 1.60. The second-order valence-corrected chi connectivity index (χ2v) is 5.29. The van der Waals surface area contributed by atoms with E-state index in [1.165, 1.54) is 5.56 Å². The highest BCUT2D eigenvalue weighted by atomic mass is 16.3. The van der Waals surface area contributed by atoms with Crippen molar-refractivity contribution in [3.63, 3.8) is 0 Å². The zero-order valence-electron chi connectivity index (χ0n) is 12.0. The monoisotopic (exact) mass is 274 g/mol. The van der Waals surface area contributed by atoms with E-state index in [0.717, 1.165) is 57.3 Å². The molecule has 0 aliphatic carbocycles. The van der Waals surface area contributed by atoms with Crippen molar-refractivity contribution in [2.45, 2.75) is 39.5 Å². The molecule has 2 aromatic rings. The molecule has 0 radical (unpaired) electrons. The zero-order chi connectivity index (χ0) is 13.8. The Morgan fingerprint density at radius 2 is 2.35 bits per heavy atom. The van der Waals surface area contributed by atoms with Gasteiger partial charge >= 0.3 is 0 Å². The van der Waals surface area contributed by atoms with E-state index in [1.54, 1.807) is 6.26 Å². The van der Waals surface area contributed by atoms with Gasteiger partial charge in [0.1, 0.15) is 11.6 Å². The van der Waals surface area contributed by atoms with Crippen molar-refractivity contribution >= 4 is 0 Å². The predicted octanol–water partition coefficient (Wildman–Crippen LogP) is 1.99. The molecule has 1 N–H and O–H groups in total. The molecule has 0 amide bonds. The van der Waals surface area contributed by atoms with Gasteiger partial charge in [0.05, 0.1) is 19.4 Å². The third-order valence-corrected chi connectivity index (χ3v) is 3.77. The van der Waals surface area contributed by atoms with Crippen LogP contribution in [0, 0.1) is 0 Å². The van der Waals surface area contributed by atoms with Gasteiger partial charge in [-0.15, -0.1) is 0 Å². The molecule has 5 nitrogen and oxygen atoms in total. The summed E-state index contributed by atoms with van der Waals surface area (Å²) >= 11 is 0. The first-order valence-corrected chi connectivity index (χ1v) is 7.35. The molecular weight excluding hydrogens is 252 g/mol. The number of nitrogens with one attached hydrogen (secondary N) is 1. The fraction of sp³-hybridized carbons (Fsp3) is 0.533. The van der Waals surface area contributed by atoms with E-state index >= 15 is 0 Å². The van der Waals surface area contributed by atoms with Crippen LogP contribution in [0.3, 0.4) is 0 Å². The molecule has 0 aromatic carbocycles. The smallest absolute Gasteiger partial charge is 0.122 e. The van der Waals surface area contributed by atoms with Gasteiger partial charge in [-0.3, -0.25) is 4.90 Å². The molecule has 0 spiro atoms. The SMILES string of the molecule is CCCNCc1ccoc1CN1CCn2ccnc2C1. The Labute approximate surface area is 119 Å². The van der Waals surface area contributed by atoms with E-state index in [1.807, 2.05) is 6.20 Å². The van der Waals surface area contributed by atoms with Gasteiger partial charge in [-0.1, -0.05) is 6.92 Å². The van der Waals surface area contributed by atoms with Crippen LogP contribution < -0.4 is 5.32 Å². The number of hydrogen-bond donors (Lipinski definition) is 1. The highest BCUT2D eigenvalue weighted by Crippen LogP contribution is 2.17. The third kappa shape index (κ3) is 2.94. The van der Waals surface area contributed by atoms with Crippen molar-refractivity contribution in [2.75, 3.05) is 13.1 Å². The minimum atomic E-state index is 0.864. The maximum atomic E-state index is 5.66. The summed E-state index contributed by atoms with van der Waals surface area (Å²) in [5.41, 5.74) is 1.27. The van der Waals surface area contributed by atoms with Crippen LogP contribution in [-0.4, -0.2) is 27.5 Å². The molecule has 3 heterocycles. The van der Waals surface area contributed by atoms with Gasteiger partial charge in [-0.05, 0) is 19.0 Å². The molecule has 20 heavy (non-hydrogen) atoms. The van der Waals surface area contributed by atoms with Gasteiger partial charge < -0.3 is 14.3 Å². The van der Waals surface area contributed by atoms with Crippen LogP contribution in [0.25, 0.3) is 0 Å². The molecule has 2 aromatic heterocycles. The average Bonchev–Trinajstić information content (AvgIpc) is 3.08. The molecule has 3 rings (SSSR count). The Kier molecular flexibility index (Phi) is 4.18. The quantitative estimate of drug-likeness (QED) is 0.818. The standard InChI is InChI=1S/C15H22N4O/c1-2-4-16-10-13-3-9-20-14(13)11-18-7-8-19-6-5-17-15(19)12-18/h3,5-6,9,16H,2,4,7-8,10-12H2,1H3. The van der Waals surface area contributed by atoms with E-state index in [0.29, 0.717) is 0 Å². The second kappa shape index (κ2) is 6.24. The summed E-state index contributed by atoms with van der Waals surface area (Å²) in [7, 11) is 0. The summed E-state index contributed by atoms with van der Waals surface area (Å²) in [6.07, 6.45) is 6.89. The van der Waals surface area contributed by atoms with Crippen molar-refractivity contribution < 1.29 is 4.42 Å². The lowest BCUT2D eigenvalue weighted by Crippen LogP contribution is -2.33. The second-order valence-electron chi connectivity index (χ2n) is 5.29. The Morgan fingerprint density at radius 3 is 3.25 bits per heavy atom. The predicted molar refractivity (Wildman–Crippen MR) is 77.0 cm³/mol. The van der Waals surface area contributed by atoms with Crippen LogP contribution in [0.15, 0.2) is 29.1 Å². The molecule has 0 bridgehead atoms. The van der Waals surface area contributed by atoms with E-state index in [9.17, 15) is 0 Å². The normalized spacial score (nSPS) is 15.4. The molecule has 0 atom stereocenters. The Bertz CT molecular complexity index is 546. The Hall–Kier alpha value is -1.59. The molecule has 1 aliphatic heterocycles. The number of hydrogen-bond acceptors (Lipinski definition) is 4. The van der Waals surface area contributed by atoms with Crippen LogP contribution in [0.1, 0.15) is 30.5 Å². The van der Waals surface area contributed by atoms with E-state index < -0.39 is 0 Å². The molecule has 1 aliphatic rings. The summed E-state index contributed by atoms with van der Waals surface area (Å²) in [4.78, 5) is 6.79. The van der Waals surface area contributed by atoms with Crippen LogP contribution in [0.5, 0.6) is 0 Å². The van der Waals surface area contributed by atoms with Crippen LogP contribution in [-0.2, 0) is 26.2 Å². The first kappa shape index (κ1) is 13.4. The van der Waals surface area contributed by atoms with Crippen LogP contribution in [0.2, 0.25) is 0 Å². The van der Waals surface area contributed by atoms with Gasteiger partial charge in [0.25, 0.3) is 0 Å². The zero-order valence-corrected chi connectivity index (χ0v) is 12.0. The van der Waals surface area contributed by atoms with Gasteiger partial charge in [-0.2, -0.15) is 0 Å². The van der Waals surface area contributed by atoms with Crippen molar-refractivity contribution in [3.8, 4) is 0 Å². The van der Waals surface area contributed by atoms with Crippen molar-refractivity contribution in [1.82, 2.24) is 19.8 Å². The number of fused-ring (bicyclic) bond motifs is 1. The maximum absolute atomic E-state index is 5.66. The average molecular weight is 274 g/mol. The topological polar surface area (TPSA) is 46.2 Å². The minimum absolute atomic E-state index is 0.864. The molecule has 0 fully saturated rings. The number of imidazole rings is 1. The number of rotatable bonds is 6. The molecule has 5 heteroatoms. The molecule has 0 saturated carbocycles. The highest BCUT2D eigenvalue weighted by Gasteiger charge is 2.18. The number of nitrogens with zero attached hydrogens (tertiary/aromatic N) is 3. The third-order valence-electron chi connectivity index (χ3n) is 3.77. The van der Waals surface area contributed by atoms with Crippen molar-refractivity contribution in [3.05, 3.63) is 41.9 Å². The van der Waals surface area contributed by atoms with Gasteiger partial charge in [0, 0.05) is 37.6 Å². The summed E-state index contributed by atoms with van der Waals surface area (Å²) in [6.45, 7) is 7.94. The van der Waals surface area contributed by atoms with E-state index in [4.69, 9.17) is 4.42 Å². The van der Waals surface area contributed by atoms with Crippen molar-refractivity contribution in [2.24, 2.45) is 0 Å². The molecule has 108 valence electrons. The van der Waals surface area contributed by atoms with Crippen molar-refractivity contribution in [1.29, 1.82) is 0 Å². The molecule has 0 saturated heterocycles. The first-order chi connectivity index (χ1) is 9.86. The molecular formula is C15H22N4O. The maximum Gasteiger partial charge on any atom is 0.122 e. The fourth-order valence-electron chi connectivity index (χ4n) is 2.62. The lowest BCUT2D eigenvalue weighted by Gasteiger charge is -2.27. The summed E-state index contributed by atoms with van der Waals surface area (Å²) in [5.74, 6) is 2.22. The lowest BCUT2D eigenvalue weighted by molar-refractivity contribution is 0.193. The largest absolute Gasteiger partial charge is 0.468 e. The number of furan rings is 1. The summed E-state index contributed by atoms with van der Waals surface area (Å²) in [6, 6.07) is 2.07. The molecule has 0 unspecified atom stereocenters. The highest BCUT2D eigenvalue weighted by molar-refractivity contribution is 5.17. The summed E-state index contributed by atoms with van der Waals surface area (Å²) < 4.78 is 7.88. The minimum Gasteiger partial charge on any atom is -0.468 e. The van der Waals surface area contributed by atoms with Gasteiger partial charge in [0.15, 0.2) is 0 Å². The van der Waals surface area contributed by atoms with Gasteiger partial charge in [0.2, 0.25) is 0 Å². The van der Waals surface area contributed by atoms with Crippen LogP contribution in [0.4, 0.5) is 0 Å². The van der Waals surface area contributed by atoms with E-state index in [2.05, 4.69) is 39.0 Å².